The Morgan fingerprint density at radius 3 is 2.92 bits per heavy atom. The number of hydrogen-bond acceptors (Lipinski definition) is 3. The van der Waals surface area contributed by atoms with E-state index in [0.717, 1.165) is 29.7 Å². The van der Waals surface area contributed by atoms with Crippen LogP contribution >= 0.6 is 0 Å². The standard InChI is InChI=1S/C21H23N3O/c1-14-7-5-11-17-20(14)22-19(23-21(17)25)13-24(2)18-12-6-9-15-8-3-4-10-16(15)18/h3-5,7-8,10-11,18H,6,9,12-13H2,1-2H3,(H,22,23,25). The molecule has 25 heavy (non-hydrogen) atoms. The number of aryl methyl sites for hydroxylation is 2. The first-order valence-corrected chi connectivity index (χ1v) is 8.90. The van der Waals surface area contributed by atoms with Crippen molar-refractivity contribution < 1.29 is 0 Å². The molecule has 0 fully saturated rings. The molecule has 0 spiro atoms. The number of hydrogen-bond donors (Lipinski definition) is 1. The van der Waals surface area contributed by atoms with Crippen molar-refractivity contribution in [3.05, 3.63) is 75.3 Å². The summed E-state index contributed by atoms with van der Waals surface area (Å²) in [6.45, 7) is 2.64. The number of fused-ring (bicyclic) bond motifs is 2. The lowest BCUT2D eigenvalue weighted by molar-refractivity contribution is 0.208. The largest absolute Gasteiger partial charge is 0.309 e. The Morgan fingerprint density at radius 2 is 2.04 bits per heavy atom. The summed E-state index contributed by atoms with van der Waals surface area (Å²) in [6.07, 6.45) is 3.50. The summed E-state index contributed by atoms with van der Waals surface area (Å²) in [7, 11) is 2.12. The quantitative estimate of drug-likeness (QED) is 0.794. The molecule has 0 aliphatic heterocycles. The molecule has 3 aromatic rings. The second kappa shape index (κ2) is 6.45. The Kier molecular flexibility index (Phi) is 4.14. The Bertz CT molecular complexity index is 976. The fourth-order valence-electron chi connectivity index (χ4n) is 3.96. The molecule has 1 aliphatic carbocycles. The van der Waals surface area contributed by atoms with Crippen LogP contribution in [0.4, 0.5) is 0 Å². The third-order valence-electron chi connectivity index (χ3n) is 5.26. The molecule has 1 unspecified atom stereocenters. The van der Waals surface area contributed by atoms with Gasteiger partial charge in [-0.05, 0) is 56.0 Å². The molecule has 0 amide bonds. The Morgan fingerprint density at radius 1 is 1.20 bits per heavy atom. The zero-order valence-corrected chi connectivity index (χ0v) is 14.7. The van der Waals surface area contributed by atoms with Crippen LogP contribution < -0.4 is 5.56 Å². The molecule has 2 aromatic carbocycles. The van der Waals surface area contributed by atoms with Gasteiger partial charge >= 0.3 is 0 Å². The summed E-state index contributed by atoms with van der Waals surface area (Å²) >= 11 is 0. The molecule has 128 valence electrons. The van der Waals surface area contributed by atoms with Gasteiger partial charge in [0.05, 0.1) is 17.4 Å². The lowest BCUT2D eigenvalue weighted by Crippen LogP contribution is -2.29. The van der Waals surface area contributed by atoms with E-state index in [-0.39, 0.29) is 5.56 Å². The van der Waals surface area contributed by atoms with Crippen molar-refractivity contribution in [1.29, 1.82) is 0 Å². The second-order valence-corrected chi connectivity index (χ2v) is 7.01. The maximum Gasteiger partial charge on any atom is 0.258 e. The van der Waals surface area contributed by atoms with Crippen LogP contribution in [0.15, 0.2) is 47.3 Å². The van der Waals surface area contributed by atoms with E-state index >= 15 is 0 Å². The Balaban J connectivity index is 1.66. The first-order chi connectivity index (χ1) is 12.1. The molecule has 0 bridgehead atoms. The molecule has 1 aliphatic rings. The van der Waals surface area contributed by atoms with Gasteiger partial charge in [-0.2, -0.15) is 0 Å². The van der Waals surface area contributed by atoms with Gasteiger partial charge in [0.2, 0.25) is 0 Å². The number of aromatic amines is 1. The van der Waals surface area contributed by atoms with Crippen LogP contribution in [0.3, 0.4) is 0 Å². The highest BCUT2D eigenvalue weighted by molar-refractivity contribution is 5.80. The van der Waals surface area contributed by atoms with Gasteiger partial charge in [-0.1, -0.05) is 36.4 Å². The van der Waals surface area contributed by atoms with Gasteiger partial charge in [-0.3, -0.25) is 9.69 Å². The van der Waals surface area contributed by atoms with Crippen LogP contribution in [-0.4, -0.2) is 21.9 Å². The fourth-order valence-corrected chi connectivity index (χ4v) is 3.96. The zero-order chi connectivity index (χ0) is 17.4. The third-order valence-corrected chi connectivity index (χ3v) is 5.26. The molecule has 4 heteroatoms. The number of rotatable bonds is 3. The number of H-pyrrole nitrogens is 1. The van der Waals surface area contributed by atoms with Crippen molar-refractivity contribution in [2.24, 2.45) is 0 Å². The van der Waals surface area contributed by atoms with Gasteiger partial charge in [0, 0.05) is 6.04 Å². The average Bonchev–Trinajstić information content (AvgIpc) is 2.62. The SMILES string of the molecule is Cc1cccc2c(=O)[nH]c(CN(C)C3CCCc4ccccc43)nc12. The lowest BCUT2D eigenvalue weighted by Gasteiger charge is -2.33. The van der Waals surface area contributed by atoms with Crippen molar-refractivity contribution in [3.8, 4) is 0 Å². The summed E-state index contributed by atoms with van der Waals surface area (Å²) in [5.41, 5.74) is 4.65. The molecular weight excluding hydrogens is 310 g/mol. The number of para-hydroxylation sites is 1. The summed E-state index contributed by atoms with van der Waals surface area (Å²) in [6, 6.07) is 14.8. The smallest absolute Gasteiger partial charge is 0.258 e. The van der Waals surface area contributed by atoms with Gasteiger partial charge in [0.15, 0.2) is 0 Å². The summed E-state index contributed by atoms with van der Waals surface area (Å²) in [4.78, 5) is 22.4. The van der Waals surface area contributed by atoms with Crippen LogP contribution in [0.25, 0.3) is 10.9 Å². The van der Waals surface area contributed by atoms with E-state index in [1.807, 2.05) is 25.1 Å². The number of nitrogens with one attached hydrogen (secondary N) is 1. The van der Waals surface area contributed by atoms with Crippen molar-refractivity contribution >= 4 is 10.9 Å². The van der Waals surface area contributed by atoms with Crippen molar-refractivity contribution in [3.63, 3.8) is 0 Å². The summed E-state index contributed by atoms with van der Waals surface area (Å²) in [5, 5.41) is 0.661. The van der Waals surface area contributed by atoms with E-state index in [9.17, 15) is 4.79 Å². The number of aromatic nitrogens is 2. The predicted octanol–water partition coefficient (Wildman–Crippen LogP) is 3.74. The van der Waals surface area contributed by atoms with Gasteiger partial charge in [0.1, 0.15) is 5.82 Å². The van der Waals surface area contributed by atoms with Crippen LogP contribution in [-0.2, 0) is 13.0 Å². The number of benzene rings is 2. The Hall–Kier alpha value is -2.46. The third kappa shape index (κ3) is 2.98. The zero-order valence-electron chi connectivity index (χ0n) is 14.7. The minimum atomic E-state index is -0.0545. The molecule has 1 atom stereocenters. The van der Waals surface area contributed by atoms with E-state index in [0.29, 0.717) is 18.0 Å². The molecule has 4 nitrogen and oxygen atoms in total. The number of nitrogens with zero attached hydrogens (tertiary/aromatic N) is 2. The van der Waals surface area contributed by atoms with Crippen molar-refractivity contribution in [2.45, 2.75) is 38.8 Å². The summed E-state index contributed by atoms with van der Waals surface area (Å²) < 4.78 is 0. The molecule has 0 saturated heterocycles. The summed E-state index contributed by atoms with van der Waals surface area (Å²) in [5.74, 6) is 0.734. The first-order valence-electron chi connectivity index (χ1n) is 8.90. The average molecular weight is 333 g/mol. The normalized spacial score (nSPS) is 17.0. The topological polar surface area (TPSA) is 49.0 Å². The Labute approximate surface area is 147 Å². The van der Waals surface area contributed by atoms with Gasteiger partial charge in [0.25, 0.3) is 5.56 Å². The molecule has 1 heterocycles. The highest BCUT2D eigenvalue weighted by atomic mass is 16.1. The predicted molar refractivity (Wildman–Crippen MR) is 101 cm³/mol. The van der Waals surface area contributed by atoms with Crippen molar-refractivity contribution in [2.75, 3.05) is 7.05 Å². The first kappa shape index (κ1) is 16.0. The maximum absolute atomic E-state index is 12.4. The fraction of sp³-hybridized carbons (Fsp3) is 0.333. The molecule has 1 aromatic heterocycles. The van der Waals surface area contributed by atoms with E-state index in [1.54, 1.807) is 0 Å². The molecular formula is C21H23N3O. The maximum atomic E-state index is 12.4. The molecule has 0 saturated carbocycles. The van der Waals surface area contributed by atoms with Crippen LogP contribution in [0.5, 0.6) is 0 Å². The molecule has 1 N–H and O–H groups in total. The minimum absolute atomic E-state index is 0.0545. The van der Waals surface area contributed by atoms with Crippen LogP contribution in [0.1, 0.15) is 41.4 Å². The van der Waals surface area contributed by atoms with Gasteiger partial charge in [-0.15, -0.1) is 0 Å². The van der Waals surface area contributed by atoms with Crippen LogP contribution in [0.2, 0.25) is 0 Å². The highest BCUT2D eigenvalue weighted by Gasteiger charge is 2.24. The second-order valence-electron chi connectivity index (χ2n) is 7.01. The monoisotopic (exact) mass is 333 g/mol. The molecule has 0 radical (unpaired) electrons. The van der Waals surface area contributed by atoms with E-state index in [1.165, 1.54) is 17.5 Å². The van der Waals surface area contributed by atoms with Crippen LogP contribution in [0, 0.1) is 6.92 Å². The highest BCUT2D eigenvalue weighted by Crippen LogP contribution is 2.33. The van der Waals surface area contributed by atoms with E-state index in [4.69, 9.17) is 4.98 Å². The van der Waals surface area contributed by atoms with E-state index in [2.05, 4.69) is 41.2 Å². The van der Waals surface area contributed by atoms with E-state index < -0.39 is 0 Å². The van der Waals surface area contributed by atoms with Gasteiger partial charge in [-0.25, -0.2) is 4.98 Å². The van der Waals surface area contributed by atoms with Gasteiger partial charge < -0.3 is 4.98 Å². The lowest BCUT2D eigenvalue weighted by atomic mass is 9.87. The molecule has 4 rings (SSSR count). The van der Waals surface area contributed by atoms with Crippen molar-refractivity contribution in [1.82, 2.24) is 14.9 Å². The minimum Gasteiger partial charge on any atom is -0.309 e.